The Morgan fingerprint density at radius 1 is 1.38 bits per heavy atom. The van der Waals surface area contributed by atoms with Crippen LogP contribution in [-0.2, 0) is 10.0 Å². The zero-order valence-electron chi connectivity index (χ0n) is 12.2. The van der Waals surface area contributed by atoms with Crippen molar-refractivity contribution in [2.75, 3.05) is 24.2 Å². The largest absolute Gasteiger partial charge is 0.337 e. The van der Waals surface area contributed by atoms with E-state index in [0.717, 1.165) is 5.56 Å². The predicted octanol–water partition coefficient (Wildman–Crippen LogP) is 0.767. The van der Waals surface area contributed by atoms with E-state index in [9.17, 15) is 13.2 Å². The molecule has 21 heavy (non-hydrogen) atoms. The fraction of sp³-hybridized carbons (Fsp3) is 0.462. The van der Waals surface area contributed by atoms with Gasteiger partial charge in [0.15, 0.2) is 0 Å². The molecule has 0 radical (unpaired) electrons. The van der Waals surface area contributed by atoms with Gasteiger partial charge in [0.25, 0.3) is 0 Å². The van der Waals surface area contributed by atoms with Gasteiger partial charge in [-0.2, -0.15) is 0 Å². The van der Waals surface area contributed by atoms with Gasteiger partial charge in [-0.25, -0.2) is 17.9 Å². The number of nitrogens with one attached hydrogen (secondary N) is 3. The van der Waals surface area contributed by atoms with Gasteiger partial charge in [0.05, 0.1) is 5.75 Å². The minimum Gasteiger partial charge on any atom is -0.337 e. The van der Waals surface area contributed by atoms with Crippen LogP contribution in [-0.4, -0.2) is 33.3 Å². The SMILES string of the molecule is CCNS(=O)(=O)CCNC(=O)Nc1cccc(C(C)N)c1. The Kier molecular flexibility index (Phi) is 6.60. The number of amides is 2. The maximum atomic E-state index is 11.7. The molecule has 1 unspecified atom stereocenters. The van der Waals surface area contributed by atoms with Crippen LogP contribution in [0.2, 0.25) is 0 Å². The summed E-state index contributed by atoms with van der Waals surface area (Å²) >= 11 is 0. The van der Waals surface area contributed by atoms with Crippen molar-refractivity contribution in [3.63, 3.8) is 0 Å². The number of sulfonamides is 1. The molecule has 0 bridgehead atoms. The molecule has 0 aliphatic rings. The molecule has 0 saturated carbocycles. The Morgan fingerprint density at radius 3 is 2.71 bits per heavy atom. The van der Waals surface area contributed by atoms with E-state index in [2.05, 4.69) is 15.4 Å². The Balaban J connectivity index is 2.46. The Labute approximate surface area is 125 Å². The van der Waals surface area contributed by atoms with Crippen LogP contribution in [0.15, 0.2) is 24.3 Å². The molecule has 1 atom stereocenters. The van der Waals surface area contributed by atoms with Gasteiger partial charge in [-0.15, -0.1) is 0 Å². The van der Waals surface area contributed by atoms with E-state index >= 15 is 0 Å². The van der Waals surface area contributed by atoms with Crippen molar-refractivity contribution in [3.05, 3.63) is 29.8 Å². The number of nitrogens with two attached hydrogens (primary N) is 1. The second kappa shape index (κ2) is 7.96. The quantitative estimate of drug-likeness (QED) is 0.595. The van der Waals surface area contributed by atoms with E-state index in [1.54, 1.807) is 25.1 Å². The van der Waals surface area contributed by atoms with Crippen molar-refractivity contribution < 1.29 is 13.2 Å². The lowest BCUT2D eigenvalue weighted by Crippen LogP contribution is -2.36. The van der Waals surface area contributed by atoms with Crippen molar-refractivity contribution in [1.29, 1.82) is 0 Å². The van der Waals surface area contributed by atoms with Gasteiger partial charge in [-0.05, 0) is 24.6 Å². The average Bonchev–Trinajstić information content (AvgIpc) is 2.38. The molecule has 0 aromatic heterocycles. The maximum Gasteiger partial charge on any atom is 0.319 e. The fourth-order valence-corrected chi connectivity index (χ4v) is 2.62. The van der Waals surface area contributed by atoms with Gasteiger partial charge < -0.3 is 16.4 Å². The first-order valence-electron chi connectivity index (χ1n) is 6.72. The molecule has 0 aliphatic heterocycles. The summed E-state index contributed by atoms with van der Waals surface area (Å²) in [5.41, 5.74) is 7.28. The minimum absolute atomic E-state index is 0.0359. The van der Waals surface area contributed by atoms with Crippen molar-refractivity contribution in [1.82, 2.24) is 10.0 Å². The van der Waals surface area contributed by atoms with Crippen LogP contribution in [0.1, 0.15) is 25.5 Å². The second-order valence-electron chi connectivity index (χ2n) is 4.61. The highest BCUT2D eigenvalue weighted by Gasteiger charge is 2.09. The lowest BCUT2D eigenvalue weighted by Gasteiger charge is -2.11. The Bertz CT molecular complexity index is 573. The topological polar surface area (TPSA) is 113 Å². The number of hydrogen-bond acceptors (Lipinski definition) is 4. The summed E-state index contributed by atoms with van der Waals surface area (Å²) in [5, 5.41) is 5.13. The molecule has 1 aromatic rings. The smallest absolute Gasteiger partial charge is 0.319 e. The zero-order chi connectivity index (χ0) is 15.9. The lowest BCUT2D eigenvalue weighted by atomic mass is 10.1. The van der Waals surface area contributed by atoms with E-state index in [-0.39, 0.29) is 18.3 Å². The molecule has 1 rings (SSSR count). The first kappa shape index (κ1) is 17.4. The van der Waals surface area contributed by atoms with Gasteiger partial charge in [-0.1, -0.05) is 19.1 Å². The minimum atomic E-state index is -3.33. The normalized spacial score (nSPS) is 12.7. The molecule has 5 N–H and O–H groups in total. The summed E-state index contributed by atoms with van der Waals surface area (Å²) in [7, 11) is -3.33. The molecule has 7 nitrogen and oxygen atoms in total. The van der Waals surface area contributed by atoms with Crippen LogP contribution >= 0.6 is 0 Å². The summed E-state index contributed by atoms with van der Waals surface area (Å²) < 4.78 is 25.1. The summed E-state index contributed by atoms with van der Waals surface area (Å²) in [5.74, 6) is -0.159. The molecule has 0 fully saturated rings. The molecule has 118 valence electrons. The highest BCUT2D eigenvalue weighted by Crippen LogP contribution is 2.15. The summed E-state index contributed by atoms with van der Waals surface area (Å²) in [6.07, 6.45) is 0. The van der Waals surface area contributed by atoms with Gasteiger partial charge in [0.2, 0.25) is 10.0 Å². The molecule has 1 aromatic carbocycles. The number of anilines is 1. The zero-order valence-corrected chi connectivity index (χ0v) is 13.0. The summed E-state index contributed by atoms with van der Waals surface area (Å²) in [4.78, 5) is 11.7. The number of benzene rings is 1. The van der Waals surface area contributed by atoms with E-state index in [0.29, 0.717) is 12.2 Å². The molecular weight excluding hydrogens is 292 g/mol. The standard InChI is InChI=1S/C13H22N4O3S/c1-3-16-21(19,20)8-7-15-13(18)17-12-6-4-5-11(9-12)10(2)14/h4-6,9-10,16H,3,7-8,14H2,1-2H3,(H2,15,17,18). The molecule has 8 heteroatoms. The van der Waals surface area contributed by atoms with Crippen molar-refractivity contribution in [2.24, 2.45) is 5.73 Å². The van der Waals surface area contributed by atoms with Crippen LogP contribution in [0, 0.1) is 0 Å². The van der Waals surface area contributed by atoms with Crippen LogP contribution < -0.4 is 21.1 Å². The third-order valence-electron chi connectivity index (χ3n) is 2.69. The maximum absolute atomic E-state index is 11.7. The lowest BCUT2D eigenvalue weighted by molar-refractivity contribution is 0.252. The van der Waals surface area contributed by atoms with E-state index < -0.39 is 16.1 Å². The number of hydrogen-bond donors (Lipinski definition) is 4. The highest BCUT2D eigenvalue weighted by atomic mass is 32.2. The van der Waals surface area contributed by atoms with E-state index in [1.807, 2.05) is 13.0 Å². The highest BCUT2D eigenvalue weighted by molar-refractivity contribution is 7.89. The number of rotatable bonds is 7. The van der Waals surface area contributed by atoms with Crippen LogP contribution in [0.5, 0.6) is 0 Å². The van der Waals surface area contributed by atoms with Crippen molar-refractivity contribution in [3.8, 4) is 0 Å². The second-order valence-corrected chi connectivity index (χ2v) is 6.54. The first-order valence-corrected chi connectivity index (χ1v) is 8.37. The molecule has 0 spiro atoms. The molecule has 2 amide bonds. The van der Waals surface area contributed by atoms with Gasteiger partial charge in [-0.3, -0.25) is 0 Å². The molecule has 0 saturated heterocycles. The third kappa shape index (κ3) is 6.56. The molecular formula is C13H22N4O3S. The monoisotopic (exact) mass is 314 g/mol. The number of carbonyl (C=O) groups excluding carboxylic acids is 1. The van der Waals surface area contributed by atoms with E-state index in [1.165, 1.54) is 0 Å². The van der Waals surface area contributed by atoms with Crippen LogP contribution in [0.25, 0.3) is 0 Å². The third-order valence-corrected chi connectivity index (χ3v) is 4.16. The van der Waals surface area contributed by atoms with Gasteiger partial charge in [0.1, 0.15) is 0 Å². The van der Waals surface area contributed by atoms with Gasteiger partial charge in [0, 0.05) is 24.8 Å². The predicted molar refractivity (Wildman–Crippen MR) is 83.5 cm³/mol. The van der Waals surface area contributed by atoms with E-state index in [4.69, 9.17) is 5.73 Å². The van der Waals surface area contributed by atoms with Gasteiger partial charge >= 0.3 is 6.03 Å². The number of carbonyl (C=O) groups is 1. The fourth-order valence-electron chi connectivity index (χ4n) is 1.67. The number of urea groups is 1. The van der Waals surface area contributed by atoms with Crippen molar-refractivity contribution >= 4 is 21.7 Å². The molecule has 0 heterocycles. The van der Waals surface area contributed by atoms with Crippen LogP contribution in [0.3, 0.4) is 0 Å². The average molecular weight is 314 g/mol. The summed E-state index contributed by atoms with van der Waals surface area (Å²) in [6, 6.07) is 6.60. The Morgan fingerprint density at radius 2 is 2.10 bits per heavy atom. The van der Waals surface area contributed by atoms with Crippen LogP contribution in [0.4, 0.5) is 10.5 Å². The Hall–Kier alpha value is -1.64. The molecule has 0 aliphatic carbocycles. The first-order chi connectivity index (χ1) is 9.84. The summed E-state index contributed by atoms with van der Waals surface area (Å²) in [6.45, 7) is 3.92. The van der Waals surface area contributed by atoms with Crippen molar-refractivity contribution in [2.45, 2.75) is 19.9 Å².